The van der Waals surface area contributed by atoms with Crippen LogP contribution in [0.4, 0.5) is 5.69 Å². The Balaban J connectivity index is 1.64. The van der Waals surface area contributed by atoms with E-state index in [2.05, 4.69) is 43.3 Å². The summed E-state index contributed by atoms with van der Waals surface area (Å²) in [5.74, 6) is 1.83. The number of nitrogens with zero attached hydrogens (tertiary/aromatic N) is 1. The first-order chi connectivity index (χ1) is 11.8. The molecule has 0 aliphatic carbocycles. The van der Waals surface area contributed by atoms with Gasteiger partial charge in [0.1, 0.15) is 5.52 Å². The number of rotatable bonds is 4. The molecule has 1 aliphatic rings. The maximum atomic E-state index is 12.4. The van der Waals surface area contributed by atoms with Crippen molar-refractivity contribution in [1.82, 2.24) is 10.3 Å². The van der Waals surface area contributed by atoms with Crippen molar-refractivity contribution in [2.24, 2.45) is 11.8 Å². The number of piperidine rings is 1. The van der Waals surface area contributed by atoms with E-state index in [9.17, 15) is 4.79 Å². The van der Waals surface area contributed by atoms with Crippen molar-refractivity contribution in [3.8, 4) is 0 Å². The fraction of sp³-hybridized carbons (Fsp3) is 0.600. The minimum Gasteiger partial charge on any atom is -0.440 e. The van der Waals surface area contributed by atoms with Gasteiger partial charge in [-0.1, -0.05) is 27.7 Å². The standard InChI is InChI=1S/C20H29N3O2/c1-13(14-7-9-21-10-8-14)11-18(24)22-15-5-6-17-16(12-15)23-19(25-17)20(2,3)4/h5-6,12-14,21H,7-11H2,1-4H3,(H,22,24). The van der Waals surface area contributed by atoms with Gasteiger partial charge in [0.2, 0.25) is 11.8 Å². The Labute approximate surface area is 149 Å². The van der Waals surface area contributed by atoms with Gasteiger partial charge in [0.05, 0.1) is 0 Å². The van der Waals surface area contributed by atoms with Gasteiger partial charge in [-0.05, 0) is 56.0 Å². The number of nitrogens with one attached hydrogen (secondary N) is 2. The lowest BCUT2D eigenvalue weighted by Gasteiger charge is -2.27. The van der Waals surface area contributed by atoms with Crippen LogP contribution in [-0.2, 0) is 10.2 Å². The van der Waals surface area contributed by atoms with Crippen LogP contribution in [0.1, 0.15) is 52.8 Å². The fourth-order valence-corrected chi connectivity index (χ4v) is 3.41. The van der Waals surface area contributed by atoms with Crippen molar-refractivity contribution in [3.63, 3.8) is 0 Å². The summed E-state index contributed by atoms with van der Waals surface area (Å²) < 4.78 is 5.81. The molecule has 1 saturated heterocycles. The number of anilines is 1. The molecule has 5 heteroatoms. The maximum Gasteiger partial charge on any atom is 0.224 e. The Morgan fingerprint density at radius 1 is 1.36 bits per heavy atom. The monoisotopic (exact) mass is 343 g/mol. The van der Waals surface area contributed by atoms with Gasteiger partial charge in [-0.2, -0.15) is 0 Å². The van der Waals surface area contributed by atoms with Crippen LogP contribution in [-0.4, -0.2) is 24.0 Å². The van der Waals surface area contributed by atoms with E-state index in [4.69, 9.17) is 4.42 Å². The van der Waals surface area contributed by atoms with Gasteiger partial charge in [-0.3, -0.25) is 4.79 Å². The van der Waals surface area contributed by atoms with Crippen LogP contribution < -0.4 is 10.6 Å². The highest BCUT2D eigenvalue weighted by molar-refractivity contribution is 5.92. The lowest BCUT2D eigenvalue weighted by atomic mass is 9.84. The third-order valence-corrected chi connectivity index (χ3v) is 5.01. The van der Waals surface area contributed by atoms with E-state index in [1.807, 2.05) is 18.2 Å². The van der Waals surface area contributed by atoms with E-state index in [1.54, 1.807) is 0 Å². The van der Waals surface area contributed by atoms with Crippen LogP contribution in [0.3, 0.4) is 0 Å². The van der Waals surface area contributed by atoms with Crippen molar-refractivity contribution in [2.75, 3.05) is 18.4 Å². The molecule has 2 aromatic rings. The fourth-order valence-electron chi connectivity index (χ4n) is 3.41. The topological polar surface area (TPSA) is 67.2 Å². The average molecular weight is 343 g/mol. The summed E-state index contributed by atoms with van der Waals surface area (Å²) in [5, 5.41) is 6.39. The smallest absolute Gasteiger partial charge is 0.224 e. The second-order valence-electron chi connectivity index (χ2n) is 8.27. The molecule has 1 aliphatic heterocycles. The zero-order valence-corrected chi connectivity index (χ0v) is 15.7. The molecule has 1 aromatic carbocycles. The molecule has 0 saturated carbocycles. The quantitative estimate of drug-likeness (QED) is 0.877. The molecule has 1 atom stereocenters. The molecule has 5 nitrogen and oxygen atoms in total. The molecule has 136 valence electrons. The Morgan fingerprint density at radius 2 is 2.08 bits per heavy atom. The zero-order chi connectivity index (χ0) is 18.0. The summed E-state index contributed by atoms with van der Waals surface area (Å²) in [5.41, 5.74) is 2.19. The van der Waals surface area contributed by atoms with E-state index < -0.39 is 0 Å². The van der Waals surface area contributed by atoms with Crippen LogP contribution in [0.5, 0.6) is 0 Å². The lowest BCUT2D eigenvalue weighted by molar-refractivity contribution is -0.117. The first-order valence-electron chi connectivity index (χ1n) is 9.24. The summed E-state index contributed by atoms with van der Waals surface area (Å²) in [4.78, 5) is 17.0. The van der Waals surface area contributed by atoms with E-state index >= 15 is 0 Å². The number of oxazole rings is 1. The largest absolute Gasteiger partial charge is 0.440 e. The minimum atomic E-state index is -0.132. The third kappa shape index (κ3) is 4.40. The van der Waals surface area contributed by atoms with E-state index in [1.165, 1.54) is 0 Å². The normalized spacial score (nSPS) is 17.6. The lowest BCUT2D eigenvalue weighted by Crippen LogP contribution is -2.32. The van der Waals surface area contributed by atoms with Gasteiger partial charge in [-0.25, -0.2) is 4.98 Å². The van der Waals surface area contributed by atoms with Gasteiger partial charge in [0.25, 0.3) is 0 Å². The predicted octanol–water partition coefficient (Wildman–Crippen LogP) is 4.09. The highest BCUT2D eigenvalue weighted by atomic mass is 16.3. The second kappa shape index (κ2) is 7.16. The number of fused-ring (bicyclic) bond motifs is 1. The number of hydrogen-bond donors (Lipinski definition) is 2. The molecule has 0 radical (unpaired) electrons. The van der Waals surface area contributed by atoms with Gasteiger partial charge >= 0.3 is 0 Å². The molecule has 0 spiro atoms. The highest BCUT2D eigenvalue weighted by Crippen LogP contribution is 2.28. The SMILES string of the molecule is CC(CC(=O)Nc1ccc2oc(C(C)(C)C)nc2c1)C1CCNCC1. The molecule has 1 aromatic heterocycles. The van der Waals surface area contributed by atoms with Crippen LogP contribution in [0.2, 0.25) is 0 Å². The highest BCUT2D eigenvalue weighted by Gasteiger charge is 2.23. The van der Waals surface area contributed by atoms with Crippen molar-refractivity contribution in [2.45, 2.75) is 52.4 Å². The molecule has 0 bridgehead atoms. The Bertz CT molecular complexity index is 739. The number of benzene rings is 1. The predicted molar refractivity (Wildman–Crippen MR) is 101 cm³/mol. The number of aromatic nitrogens is 1. The number of amides is 1. The number of carbonyl (C=O) groups excluding carboxylic acids is 1. The molecule has 2 N–H and O–H groups in total. The molecular formula is C20H29N3O2. The Kier molecular flexibility index (Phi) is 5.13. The summed E-state index contributed by atoms with van der Waals surface area (Å²) in [6.45, 7) is 10.5. The first kappa shape index (κ1) is 17.9. The first-order valence-corrected chi connectivity index (χ1v) is 9.24. The molecule has 25 heavy (non-hydrogen) atoms. The third-order valence-electron chi connectivity index (χ3n) is 5.01. The van der Waals surface area contributed by atoms with Crippen molar-refractivity contribution >= 4 is 22.7 Å². The number of carbonyl (C=O) groups is 1. The van der Waals surface area contributed by atoms with Gasteiger partial charge in [0.15, 0.2) is 5.58 Å². The molecule has 1 fully saturated rings. The average Bonchev–Trinajstić information content (AvgIpc) is 2.99. The summed E-state index contributed by atoms with van der Waals surface area (Å²) in [6.07, 6.45) is 2.89. The number of hydrogen-bond acceptors (Lipinski definition) is 4. The van der Waals surface area contributed by atoms with Crippen molar-refractivity contribution in [1.29, 1.82) is 0 Å². The van der Waals surface area contributed by atoms with Crippen molar-refractivity contribution < 1.29 is 9.21 Å². The molecule has 1 amide bonds. The summed E-state index contributed by atoms with van der Waals surface area (Å²) in [7, 11) is 0. The summed E-state index contributed by atoms with van der Waals surface area (Å²) >= 11 is 0. The molecule has 1 unspecified atom stereocenters. The Morgan fingerprint density at radius 3 is 2.76 bits per heavy atom. The van der Waals surface area contributed by atoms with Crippen LogP contribution in [0, 0.1) is 11.8 Å². The van der Waals surface area contributed by atoms with Gasteiger partial charge in [-0.15, -0.1) is 0 Å². The van der Waals surface area contributed by atoms with E-state index in [0.717, 1.165) is 42.7 Å². The van der Waals surface area contributed by atoms with E-state index in [-0.39, 0.29) is 11.3 Å². The Hall–Kier alpha value is -1.88. The molecule has 2 heterocycles. The zero-order valence-electron chi connectivity index (χ0n) is 15.7. The van der Waals surface area contributed by atoms with Crippen LogP contribution in [0.15, 0.2) is 22.6 Å². The second-order valence-corrected chi connectivity index (χ2v) is 8.27. The van der Waals surface area contributed by atoms with Crippen LogP contribution in [0.25, 0.3) is 11.1 Å². The maximum absolute atomic E-state index is 12.4. The van der Waals surface area contributed by atoms with Gasteiger partial charge in [0, 0.05) is 17.5 Å². The summed E-state index contributed by atoms with van der Waals surface area (Å²) in [6, 6.07) is 5.65. The minimum absolute atomic E-state index is 0.0740. The van der Waals surface area contributed by atoms with Crippen LogP contribution >= 0.6 is 0 Å². The molecular weight excluding hydrogens is 314 g/mol. The van der Waals surface area contributed by atoms with Crippen molar-refractivity contribution in [3.05, 3.63) is 24.1 Å². The molecule has 3 rings (SSSR count). The van der Waals surface area contributed by atoms with E-state index in [0.29, 0.717) is 24.1 Å². The van der Waals surface area contributed by atoms with Gasteiger partial charge < -0.3 is 15.1 Å².